The highest BCUT2D eigenvalue weighted by Gasteiger charge is 2.16. The first-order valence-corrected chi connectivity index (χ1v) is 10.7. The van der Waals surface area contributed by atoms with Crippen molar-refractivity contribution in [2.24, 2.45) is 12.0 Å². The molecule has 2 heterocycles. The largest absolute Gasteiger partial charge is 0.357 e. The highest BCUT2D eigenvalue weighted by atomic mass is 15.3. The number of nitrogens with one attached hydrogen (secondary N) is 2. The summed E-state index contributed by atoms with van der Waals surface area (Å²) in [6, 6.07) is 10.6. The van der Waals surface area contributed by atoms with Crippen molar-refractivity contribution in [1.82, 2.24) is 35.1 Å². The molecule has 0 radical (unpaired) electrons. The number of aryl methyl sites for hydroxylation is 3. The van der Waals surface area contributed by atoms with Crippen molar-refractivity contribution < 1.29 is 0 Å². The van der Waals surface area contributed by atoms with Crippen LogP contribution in [0, 0.1) is 13.8 Å². The van der Waals surface area contributed by atoms with Gasteiger partial charge in [-0.05, 0) is 52.6 Å². The van der Waals surface area contributed by atoms with Gasteiger partial charge in [0.2, 0.25) is 0 Å². The SMILES string of the molecule is CCNC(=NCc1ccccc1-n1nc(C)cc1C)NCC(c1cnn(C)c1)N(C)C. The van der Waals surface area contributed by atoms with Gasteiger partial charge in [-0.15, -0.1) is 0 Å². The lowest BCUT2D eigenvalue weighted by atomic mass is 10.1. The molecule has 0 saturated heterocycles. The normalized spacial score (nSPS) is 12.9. The van der Waals surface area contributed by atoms with E-state index in [1.165, 1.54) is 5.56 Å². The minimum Gasteiger partial charge on any atom is -0.357 e. The van der Waals surface area contributed by atoms with Crippen LogP contribution in [0.15, 0.2) is 47.7 Å². The zero-order valence-corrected chi connectivity index (χ0v) is 19.4. The molecular formula is C23H34N8. The summed E-state index contributed by atoms with van der Waals surface area (Å²) in [5.41, 5.74) is 5.49. The Labute approximate surface area is 185 Å². The van der Waals surface area contributed by atoms with Crippen LogP contribution in [-0.4, -0.2) is 57.6 Å². The fourth-order valence-electron chi connectivity index (χ4n) is 3.63. The van der Waals surface area contributed by atoms with Gasteiger partial charge in [0.1, 0.15) is 0 Å². The molecule has 1 unspecified atom stereocenters. The van der Waals surface area contributed by atoms with Crippen LogP contribution in [0.5, 0.6) is 0 Å². The summed E-state index contributed by atoms with van der Waals surface area (Å²) >= 11 is 0. The van der Waals surface area contributed by atoms with Gasteiger partial charge in [-0.3, -0.25) is 4.68 Å². The first kappa shape index (κ1) is 22.6. The minimum absolute atomic E-state index is 0.194. The third kappa shape index (κ3) is 5.73. The summed E-state index contributed by atoms with van der Waals surface area (Å²) in [4.78, 5) is 7.04. The summed E-state index contributed by atoms with van der Waals surface area (Å²) in [6.07, 6.45) is 3.97. The molecule has 1 atom stereocenters. The standard InChI is InChI=1S/C23H34N8/c1-7-24-23(26-15-22(29(4)5)20-14-27-30(6)16-20)25-13-19-10-8-9-11-21(19)31-18(3)12-17(2)28-31/h8-12,14,16,22H,7,13,15H2,1-6H3,(H2,24,25,26). The molecule has 1 aromatic carbocycles. The van der Waals surface area contributed by atoms with Gasteiger partial charge in [-0.2, -0.15) is 10.2 Å². The van der Waals surface area contributed by atoms with Crippen LogP contribution < -0.4 is 10.6 Å². The fraction of sp³-hybridized carbons (Fsp3) is 0.435. The molecule has 8 nitrogen and oxygen atoms in total. The number of benzene rings is 1. The van der Waals surface area contributed by atoms with Gasteiger partial charge in [-0.1, -0.05) is 18.2 Å². The number of aliphatic imine (C=N–C) groups is 1. The molecule has 0 amide bonds. The average molecular weight is 423 g/mol. The zero-order valence-electron chi connectivity index (χ0n) is 19.4. The molecule has 0 aliphatic rings. The average Bonchev–Trinajstić information content (AvgIpc) is 3.30. The van der Waals surface area contributed by atoms with Gasteiger partial charge < -0.3 is 15.5 Å². The Morgan fingerprint density at radius 3 is 2.58 bits per heavy atom. The number of nitrogens with zero attached hydrogens (tertiary/aromatic N) is 6. The molecule has 0 fully saturated rings. The maximum atomic E-state index is 4.85. The van der Waals surface area contributed by atoms with Gasteiger partial charge in [0.25, 0.3) is 0 Å². The summed E-state index contributed by atoms with van der Waals surface area (Å²) in [6.45, 7) is 8.25. The molecule has 3 aromatic rings. The molecule has 0 saturated carbocycles. The number of para-hydroxylation sites is 1. The molecule has 3 rings (SSSR count). The number of hydrogen-bond donors (Lipinski definition) is 2. The molecule has 2 N–H and O–H groups in total. The predicted molar refractivity (Wildman–Crippen MR) is 125 cm³/mol. The van der Waals surface area contributed by atoms with Crippen LogP contribution in [0.2, 0.25) is 0 Å². The monoisotopic (exact) mass is 422 g/mol. The third-order valence-corrected chi connectivity index (χ3v) is 5.18. The van der Waals surface area contributed by atoms with Crippen molar-refractivity contribution in [3.63, 3.8) is 0 Å². The Bertz CT molecular complexity index is 1010. The quantitative estimate of drug-likeness (QED) is 0.431. The fourth-order valence-corrected chi connectivity index (χ4v) is 3.63. The lowest BCUT2D eigenvalue weighted by Crippen LogP contribution is -2.41. The Morgan fingerprint density at radius 1 is 1.19 bits per heavy atom. The van der Waals surface area contributed by atoms with Crippen molar-refractivity contribution in [2.45, 2.75) is 33.4 Å². The van der Waals surface area contributed by atoms with Gasteiger partial charge in [0, 0.05) is 37.6 Å². The molecule has 0 aliphatic carbocycles. The molecule has 2 aromatic heterocycles. The van der Waals surface area contributed by atoms with Crippen LogP contribution in [0.25, 0.3) is 5.69 Å². The van der Waals surface area contributed by atoms with Gasteiger partial charge in [0.15, 0.2) is 5.96 Å². The second-order valence-corrected chi connectivity index (χ2v) is 7.97. The maximum Gasteiger partial charge on any atom is 0.191 e. The van der Waals surface area contributed by atoms with Crippen LogP contribution in [-0.2, 0) is 13.6 Å². The molecular weight excluding hydrogens is 388 g/mol. The maximum absolute atomic E-state index is 4.85. The topological polar surface area (TPSA) is 75.3 Å². The summed E-state index contributed by atoms with van der Waals surface area (Å²) in [7, 11) is 6.09. The molecule has 0 spiro atoms. The van der Waals surface area contributed by atoms with Crippen molar-refractivity contribution in [3.05, 3.63) is 65.2 Å². The Hall–Kier alpha value is -3.13. The smallest absolute Gasteiger partial charge is 0.191 e. The lowest BCUT2D eigenvalue weighted by molar-refractivity contribution is 0.298. The zero-order chi connectivity index (χ0) is 22.4. The van der Waals surface area contributed by atoms with E-state index in [-0.39, 0.29) is 6.04 Å². The summed E-state index contributed by atoms with van der Waals surface area (Å²) in [5.74, 6) is 0.793. The number of rotatable bonds is 8. The van der Waals surface area contributed by atoms with Gasteiger partial charge >= 0.3 is 0 Å². The summed E-state index contributed by atoms with van der Waals surface area (Å²) in [5, 5.41) is 15.8. The molecule has 8 heteroatoms. The van der Waals surface area contributed by atoms with E-state index in [4.69, 9.17) is 4.99 Å². The predicted octanol–water partition coefficient (Wildman–Crippen LogP) is 2.58. The van der Waals surface area contributed by atoms with E-state index in [2.05, 4.69) is 78.1 Å². The van der Waals surface area contributed by atoms with Crippen LogP contribution >= 0.6 is 0 Å². The van der Waals surface area contributed by atoms with Crippen molar-refractivity contribution >= 4 is 5.96 Å². The van der Waals surface area contributed by atoms with Crippen LogP contribution in [0.1, 0.15) is 35.5 Å². The highest BCUT2D eigenvalue weighted by Crippen LogP contribution is 2.18. The van der Waals surface area contributed by atoms with E-state index >= 15 is 0 Å². The van der Waals surface area contributed by atoms with E-state index in [0.29, 0.717) is 6.54 Å². The number of guanidine groups is 1. The number of hydrogen-bond acceptors (Lipinski definition) is 4. The van der Waals surface area contributed by atoms with Crippen molar-refractivity contribution in [3.8, 4) is 5.69 Å². The Kier molecular flexibility index (Phi) is 7.46. The Balaban J connectivity index is 1.77. The third-order valence-electron chi connectivity index (χ3n) is 5.18. The second-order valence-electron chi connectivity index (χ2n) is 7.97. The van der Waals surface area contributed by atoms with Gasteiger partial charge in [0.05, 0.1) is 30.2 Å². The molecule has 166 valence electrons. The Morgan fingerprint density at radius 2 is 1.97 bits per heavy atom. The summed E-state index contributed by atoms with van der Waals surface area (Å²) < 4.78 is 3.83. The van der Waals surface area contributed by atoms with E-state index in [1.807, 2.05) is 41.7 Å². The molecule has 0 aliphatic heterocycles. The van der Waals surface area contributed by atoms with Crippen molar-refractivity contribution in [2.75, 3.05) is 27.2 Å². The van der Waals surface area contributed by atoms with Crippen molar-refractivity contribution in [1.29, 1.82) is 0 Å². The number of aromatic nitrogens is 4. The lowest BCUT2D eigenvalue weighted by Gasteiger charge is -2.24. The van der Waals surface area contributed by atoms with E-state index in [0.717, 1.165) is 41.7 Å². The van der Waals surface area contributed by atoms with E-state index in [1.54, 1.807) is 0 Å². The van der Waals surface area contributed by atoms with E-state index < -0.39 is 0 Å². The minimum atomic E-state index is 0.194. The van der Waals surface area contributed by atoms with Crippen LogP contribution in [0.4, 0.5) is 0 Å². The van der Waals surface area contributed by atoms with Crippen LogP contribution in [0.3, 0.4) is 0 Å². The molecule has 31 heavy (non-hydrogen) atoms. The first-order valence-electron chi connectivity index (χ1n) is 10.7. The highest BCUT2D eigenvalue weighted by molar-refractivity contribution is 5.79. The molecule has 0 bridgehead atoms. The van der Waals surface area contributed by atoms with Gasteiger partial charge in [-0.25, -0.2) is 9.67 Å². The first-order chi connectivity index (χ1) is 14.9. The van der Waals surface area contributed by atoms with E-state index in [9.17, 15) is 0 Å². The second kappa shape index (κ2) is 10.3. The number of likely N-dealkylation sites (N-methyl/N-ethyl adjacent to an activating group) is 1.